The summed E-state index contributed by atoms with van der Waals surface area (Å²) >= 11 is 0. The second kappa shape index (κ2) is 6.89. The van der Waals surface area contributed by atoms with Crippen molar-refractivity contribution in [2.24, 2.45) is 0 Å². The molecule has 112 valence electrons. The predicted molar refractivity (Wildman–Crippen MR) is 84.7 cm³/mol. The molecule has 0 saturated carbocycles. The van der Waals surface area contributed by atoms with Crippen LogP contribution < -0.4 is 10.6 Å². The zero-order valence-corrected chi connectivity index (χ0v) is 13.4. The molecule has 0 aliphatic carbocycles. The van der Waals surface area contributed by atoms with Crippen molar-refractivity contribution in [2.75, 3.05) is 6.54 Å². The van der Waals surface area contributed by atoms with E-state index in [0.717, 1.165) is 19.4 Å². The molecule has 0 radical (unpaired) electrons. The fraction of sp³-hybridized carbons (Fsp3) is 0.588. The summed E-state index contributed by atoms with van der Waals surface area (Å²) in [5.41, 5.74) is 0.569. The fourth-order valence-electron chi connectivity index (χ4n) is 2.15. The molecule has 0 aromatic heterocycles. The van der Waals surface area contributed by atoms with E-state index in [4.69, 9.17) is 0 Å². The van der Waals surface area contributed by atoms with Gasteiger partial charge < -0.3 is 10.6 Å². The predicted octanol–water partition coefficient (Wildman–Crippen LogP) is 2.90. The van der Waals surface area contributed by atoms with Gasteiger partial charge in [0.05, 0.1) is 5.54 Å². The van der Waals surface area contributed by atoms with Crippen molar-refractivity contribution in [1.82, 2.24) is 10.6 Å². The molecule has 0 aliphatic heterocycles. The Kier molecular flexibility index (Phi) is 5.75. The van der Waals surface area contributed by atoms with Crippen LogP contribution in [-0.2, 0) is 11.2 Å². The maximum atomic E-state index is 12.3. The highest BCUT2D eigenvalue weighted by atomic mass is 16.2. The normalized spacial score (nSPS) is 12.2. The van der Waals surface area contributed by atoms with Crippen molar-refractivity contribution in [3.63, 3.8) is 0 Å². The molecule has 0 saturated heterocycles. The number of carbonyl (C=O) groups excluding carboxylic acids is 1. The molecule has 3 heteroatoms. The van der Waals surface area contributed by atoms with Crippen LogP contribution in [0.15, 0.2) is 30.3 Å². The topological polar surface area (TPSA) is 41.1 Å². The van der Waals surface area contributed by atoms with Gasteiger partial charge in [-0.1, -0.05) is 37.3 Å². The number of likely N-dealkylation sites (N-methyl/N-ethyl adjacent to an activating group) is 1. The van der Waals surface area contributed by atoms with Gasteiger partial charge in [0, 0.05) is 5.54 Å². The number of aryl methyl sites for hydroxylation is 1. The molecule has 1 aromatic carbocycles. The van der Waals surface area contributed by atoms with E-state index in [-0.39, 0.29) is 11.4 Å². The Morgan fingerprint density at radius 1 is 1.10 bits per heavy atom. The Morgan fingerprint density at radius 3 is 2.25 bits per heavy atom. The van der Waals surface area contributed by atoms with Gasteiger partial charge in [0.15, 0.2) is 0 Å². The standard InChI is InChI=1S/C17H28N2O/c1-6-18-17(4,5)15(20)19-16(2,3)13-12-14-10-8-7-9-11-14/h7-11,18H,6,12-13H2,1-5H3,(H,19,20). The highest BCUT2D eigenvalue weighted by molar-refractivity contribution is 5.85. The van der Waals surface area contributed by atoms with Crippen LogP contribution in [0.1, 0.15) is 46.6 Å². The van der Waals surface area contributed by atoms with Crippen molar-refractivity contribution < 1.29 is 4.79 Å². The summed E-state index contributed by atoms with van der Waals surface area (Å²) in [7, 11) is 0. The smallest absolute Gasteiger partial charge is 0.240 e. The molecule has 2 N–H and O–H groups in total. The summed E-state index contributed by atoms with van der Waals surface area (Å²) in [6, 6.07) is 10.4. The maximum Gasteiger partial charge on any atom is 0.240 e. The zero-order valence-electron chi connectivity index (χ0n) is 13.4. The fourth-order valence-corrected chi connectivity index (χ4v) is 2.15. The first-order chi connectivity index (χ1) is 9.27. The summed E-state index contributed by atoms with van der Waals surface area (Å²) in [5, 5.41) is 6.36. The van der Waals surface area contributed by atoms with E-state index in [1.165, 1.54) is 5.56 Å². The van der Waals surface area contributed by atoms with Gasteiger partial charge in [0.2, 0.25) is 5.91 Å². The van der Waals surface area contributed by atoms with E-state index in [2.05, 4.69) is 48.7 Å². The van der Waals surface area contributed by atoms with Gasteiger partial charge in [0.25, 0.3) is 0 Å². The van der Waals surface area contributed by atoms with Gasteiger partial charge in [-0.05, 0) is 52.6 Å². The molecule has 1 rings (SSSR count). The number of hydrogen-bond donors (Lipinski definition) is 2. The van der Waals surface area contributed by atoms with Crippen LogP contribution in [0.3, 0.4) is 0 Å². The number of carbonyl (C=O) groups is 1. The third kappa shape index (κ3) is 5.33. The van der Waals surface area contributed by atoms with Crippen LogP contribution in [-0.4, -0.2) is 23.5 Å². The maximum absolute atomic E-state index is 12.3. The van der Waals surface area contributed by atoms with Gasteiger partial charge >= 0.3 is 0 Å². The summed E-state index contributed by atoms with van der Waals surface area (Å²) in [4.78, 5) is 12.3. The van der Waals surface area contributed by atoms with Crippen LogP contribution in [0.5, 0.6) is 0 Å². The molecule has 0 bridgehead atoms. The van der Waals surface area contributed by atoms with Gasteiger partial charge in [0.1, 0.15) is 0 Å². The average Bonchev–Trinajstić information content (AvgIpc) is 2.37. The Balaban J connectivity index is 2.54. The van der Waals surface area contributed by atoms with Crippen LogP contribution in [0.25, 0.3) is 0 Å². The highest BCUT2D eigenvalue weighted by Crippen LogP contribution is 2.15. The first-order valence-corrected chi connectivity index (χ1v) is 7.38. The molecule has 1 aromatic rings. The molecule has 20 heavy (non-hydrogen) atoms. The van der Waals surface area contributed by atoms with Gasteiger partial charge in [-0.25, -0.2) is 0 Å². The van der Waals surface area contributed by atoms with Crippen LogP contribution in [0.4, 0.5) is 0 Å². The molecule has 0 atom stereocenters. The van der Waals surface area contributed by atoms with Crippen LogP contribution in [0.2, 0.25) is 0 Å². The molecule has 0 spiro atoms. The van der Waals surface area contributed by atoms with Crippen molar-refractivity contribution >= 4 is 5.91 Å². The monoisotopic (exact) mass is 276 g/mol. The summed E-state index contributed by atoms with van der Waals surface area (Å²) in [5.74, 6) is 0.0532. The Hall–Kier alpha value is -1.35. The van der Waals surface area contributed by atoms with E-state index in [1.807, 2.05) is 26.8 Å². The first kappa shape index (κ1) is 16.7. The Morgan fingerprint density at radius 2 is 1.70 bits per heavy atom. The second-order valence-corrected chi connectivity index (χ2v) is 6.48. The number of amides is 1. The lowest BCUT2D eigenvalue weighted by Gasteiger charge is -2.32. The number of nitrogens with one attached hydrogen (secondary N) is 2. The Bertz CT molecular complexity index is 424. The average molecular weight is 276 g/mol. The summed E-state index contributed by atoms with van der Waals surface area (Å²) in [6.07, 6.45) is 1.89. The largest absolute Gasteiger partial charge is 0.350 e. The van der Waals surface area contributed by atoms with E-state index in [0.29, 0.717) is 0 Å². The van der Waals surface area contributed by atoms with Crippen LogP contribution in [0, 0.1) is 0 Å². The SMILES string of the molecule is CCNC(C)(C)C(=O)NC(C)(C)CCc1ccccc1. The van der Waals surface area contributed by atoms with E-state index in [9.17, 15) is 4.79 Å². The zero-order chi connectivity index (χ0) is 15.2. The molecule has 3 nitrogen and oxygen atoms in total. The summed E-state index contributed by atoms with van der Waals surface area (Å²) in [6.45, 7) is 10.8. The van der Waals surface area contributed by atoms with Crippen molar-refractivity contribution in [2.45, 2.75) is 58.5 Å². The van der Waals surface area contributed by atoms with Crippen LogP contribution >= 0.6 is 0 Å². The second-order valence-electron chi connectivity index (χ2n) is 6.48. The lowest BCUT2D eigenvalue weighted by molar-refractivity contribution is -0.128. The minimum Gasteiger partial charge on any atom is -0.350 e. The highest BCUT2D eigenvalue weighted by Gasteiger charge is 2.30. The van der Waals surface area contributed by atoms with Gasteiger partial charge in [-0.3, -0.25) is 4.79 Å². The Labute approximate surface area is 123 Å². The minimum atomic E-state index is -0.529. The summed E-state index contributed by atoms with van der Waals surface area (Å²) < 4.78 is 0. The van der Waals surface area contributed by atoms with E-state index < -0.39 is 5.54 Å². The van der Waals surface area contributed by atoms with Gasteiger partial charge in [-0.15, -0.1) is 0 Å². The van der Waals surface area contributed by atoms with Crippen molar-refractivity contribution in [1.29, 1.82) is 0 Å². The molecule has 0 aliphatic rings. The number of hydrogen-bond acceptors (Lipinski definition) is 2. The molecule has 0 unspecified atom stereocenters. The first-order valence-electron chi connectivity index (χ1n) is 7.38. The minimum absolute atomic E-state index is 0.0532. The van der Waals surface area contributed by atoms with E-state index in [1.54, 1.807) is 0 Å². The molecular formula is C17H28N2O. The quantitative estimate of drug-likeness (QED) is 0.804. The lowest BCUT2D eigenvalue weighted by Crippen LogP contribution is -2.57. The third-order valence-corrected chi connectivity index (χ3v) is 3.52. The van der Waals surface area contributed by atoms with Crippen molar-refractivity contribution in [3.05, 3.63) is 35.9 Å². The molecule has 0 fully saturated rings. The third-order valence-electron chi connectivity index (χ3n) is 3.52. The van der Waals surface area contributed by atoms with Gasteiger partial charge in [-0.2, -0.15) is 0 Å². The molecule has 0 heterocycles. The lowest BCUT2D eigenvalue weighted by atomic mass is 9.93. The number of benzene rings is 1. The number of rotatable bonds is 7. The molecular weight excluding hydrogens is 248 g/mol. The van der Waals surface area contributed by atoms with Crippen molar-refractivity contribution in [3.8, 4) is 0 Å². The van der Waals surface area contributed by atoms with E-state index >= 15 is 0 Å². The molecule has 1 amide bonds.